The van der Waals surface area contributed by atoms with E-state index in [2.05, 4.69) is 19.4 Å². The molecule has 18 heteroatoms. The molecule has 0 fully saturated rings. The van der Waals surface area contributed by atoms with E-state index < -0.39 is 30.8 Å². The van der Waals surface area contributed by atoms with Gasteiger partial charge in [0.05, 0.1) is 0 Å². The molecule has 0 aromatic rings. The zero-order valence-corrected chi connectivity index (χ0v) is 18.0. The van der Waals surface area contributed by atoms with Gasteiger partial charge in [-0.3, -0.25) is 0 Å². The molecule has 0 aromatic heterocycles. The summed E-state index contributed by atoms with van der Waals surface area (Å²) in [5.74, 6) is 0. The normalized spacial score (nSPS) is 1.11. The van der Waals surface area contributed by atoms with Crippen molar-refractivity contribution in [2.75, 3.05) is 0 Å². The molecular formula is H24Br2Ca2Cl2O12. The maximum atomic E-state index is 4.95. The van der Waals surface area contributed by atoms with Crippen LogP contribution in [0.2, 0.25) is 0 Å². The van der Waals surface area contributed by atoms with Crippen LogP contribution in [0.25, 0.3) is 0 Å². The van der Waals surface area contributed by atoms with Crippen LogP contribution in [0.3, 0.4) is 0 Å². The first-order valence-corrected chi connectivity index (χ1v) is 18.1. The Balaban J connectivity index is -0.000000000889. The summed E-state index contributed by atoms with van der Waals surface area (Å²) in [7, 11) is 6.50. The minimum absolute atomic E-state index is 0. The Morgan fingerprint density at radius 1 is 0.444 bits per heavy atom. The Hall–Kier alpha value is 3.58. The number of rotatable bonds is 0. The van der Waals surface area contributed by atoms with Gasteiger partial charge in [0.1, 0.15) is 0 Å². The molecule has 0 amide bonds. The predicted molar refractivity (Wildman–Crippen MR) is 84.4 cm³/mol. The van der Waals surface area contributed by atoms with Crippen LogP contribution in [0.15, 0.2) is 0 Å². The molecule has 0 heterocycles. The van der Waals surface area contributed by atoms with Crippen LogP contribution in [0, 0.1) is 0 Å². The molecule has 0 atom stereocenters. The van der Waals surface area contributed by atoms with Crippen molar-refractivity contribution in [3.8, 4) is 0 Å². The summed E-state index contributed by atoms with van der Waals surface area (Å²) in [5.41, 5.74) is 0. The number of halogens is 4. The Bertz CT molecular complexity index is 28.0. The average molecular weight is 527 g/mol. The van der Waals surface area contributed by atoms with E-state index in [1.165, 1.54) is 0 Å². The van der Waals surface area contributed by atoms with Gasteiger partial charge >= 0.3 is 91.0 Å². The van der Waals surface area contributed by atoms with Crippen LogP contribution >= 0.6 is 32.2 Å². The third-order valence-corrected chi connectivity index (χ3v) is 0. The second-order valence-electron chi connectivity index (χ2n) is 0.202. The number of hydrogen-bond donors (Lipinski definition) is 0. The standard InChI is InChI=1S/2BrH.2Ca.2ClH.12H2O/h2*1H;;;2*1H;12*1H2/q;;2*+2;;;;;;;;;;;;;;/p-4. The van der Waals surface area contributed by atoms with Gasteiger partial charge in [0.25, 0.3) is 0 Å². The van der Waals surface area contributed by atoms with Crippen LogP contribution in [0.5, 0.6) is 0 Å². The summed E-state index contributed by atoms with van der Waals surface area (Å²) in [6.07, 6.45) is 9.90. The molecule has 0 aromatic carbocycles. The summed E-state index contributed by atoms with van der Waals surface area (Å²) in [6.45, 7) is 0. The van der Waals surface area contributed by atoms with Gasteiger partial charge in [-0.25, -0.2) is 0 Å². The molecule has 0 saturated carbocycles. The van der Waals surface area contributed by atoms with Crippen LogP contribution in [0.1, 0.15) is 0 Å². The van der Waals surface area contributed by atoms with Crippen LogP contribution < -0.4 is 0 Å². The molecule has 0 aliphatic carbocycles. The second kappa shape index (κ2) is 253. The molecule has 0 spiro atoms. The van der Waals surface area contributed by atoms with Crippen molar-refractivity contribution in [3.05, 3.63) is 0 Å². The Morgan fingerprint density at radius 3 is 0.444 bits per heavy atom. The third-order valence-electron chi connectivity index (χ3n) is 0. The molecule has 24 N–H and O–H groups in total. The molecule has 0 rings (SSSR count). The molecule has 0 saturated heterocycles. The van der Waals surface area contributed by atoms with Crippen LogP contribution in [0.4, 0.5) is 0 Å². The molecule has 12 nitrogen and oxygen atoms in total. The van der Waals surface area contributed by atoms with E-state index in [1.807, 2.05) is 0 Å². The second-order valence-corrected chi connectivity index (χ2v) is 15.0. The van der Waals surface area contributed by atoms with Crippen molar-refractivity contribution in [2.45, 2.75) is 0 Å². The van der Waals surface area contributed by atoms with Gasteiger partial charge in [-0.15, -0.1) is 0 Å². The fourth-order valence-corrected chi connectivity index (χ4v) is 0. The zero-order chi connectivity index (χ0) is 5.41. The molecule has 0 bridgehead atoms. The average Bonchev–Trinajstić information content (AvgIpc) is 1.39. The first kappa shape index (κ1) is 159. The fourth-order valence-electron chi connectivity index (χ4n) is 0. The van der Waals surface area contributed by atoms with Gasteiger partial charge in [-0.1, -0.05) is 0 Å². The summed E-state index contributed by atoms with van der Waals surface area (Å²) in [4.78, 5) is 0. The first-order valence-electron chi connectivity index (χ1n) is 1.07. The summed E-state index contributed by atoms with van der Waals surface area (Å²) in [6, 6.07) is 0. The van der Waals surface area contributed by atoms with E-state index in [0.29, 0.717) is 0 Å². The van der Waals surface area contributed by atoms with Crippen LogP contribution in [-0.2, 0) is 0 Å². The minimum atomic E-state index is -0.931. The van der Waals surface area contributed by atoms with Crippen molar-refractivity contribution < 1.29 is 65.7 Å². The van der Waals surface area contributed by atoms with Crippen molar-refractivity contribution in [2.24, 2.45) is 0 Å². The fraction of sp³-hybridized carbons (Fsp3) is 0. The monoisotopic (exact) mass is 524 g/mol. The quantitative estimate of drug-likeness (QED) is 0.265. The van der Waals surface area contributed by atoms with Crippen molar-refractivity contribution in [1.29, 1.82) is 0 Å². The van der Waals surface area contributed by atoms with E-state index in [9.17, 15) is 0 Å². The summed E-state index contributed by atoms with van der Waals surface area (Å²) < 4.78 is 0. The summed E-state index contributed by atoms with van der Waals surface area (Å²) in [5, 5.41) is 0. The van der Waals surface area contributed by atoms with E-state index in [0.717, 1.165) is 0 Å². The molecule has 0 aliphatic rings. The van der Waals surface area contributed by atoms with Gasteiger partial charge in [0, 0.05) is 0 Å². The van der Waals surface area contributed by atoms with Crippen molar-refractivity contribution in [3.63, 3.8) is 0 Å². The molecule has 128 valence electrons. The summed E-state index contributed by atoms with van der Waals surface area (Å²) >= 11 is -1.18. The van der Waals surface area contributed by atoms with E-state index in [1.54, 1.807) is 0 Å². The van der Waals surface area contributed by atoms with Gasteiger partial charge in [0.15, 0.2) is 0 Å². The molecule has 0 unspecified atom stereocenters. The molecular weight excluding hydrogens is 503 g/mol. The van der Waals surface area contributed by atoms with Gasteiger partial charge in [-0.05, 0) is 0 Å². The van der Waals surface area contributed by atoms with E-state index in [-0.39, 0.29) is 93.7 Å². The Kier molecular flexibility index (Phi) is 2240. The van der Waals surface area contributed by atoms with E-state index in [4.69, 9.17) is 12.8 Å². The maximum absolute atomic E-state index is 4.95. The van der Waals surface area contributed by atoms with Gasteiger partial charge in [-0.2, -0.15) is 0 Å². The third kappa shape index (κ3) is 528. The van der Waals surface area contributed by atoms with Crippen molar-refractivity contribution >= 4 is 91.0 Å². The van der Waals surface area contributed by atoms with Crippen molar-refractivity contribution in [1.82, 2.24) is 0 Å². The molecule has 0 aliphatic heterocycles. The number of hydrogen-bond acceptors (Lipinski definition) is 0. The van der Waals surface area contributed by atoms with Gasteiger partial charge in [0.2, 0.25) is 0 Å². The first-order chi connectivity index (χ1) is 2.83. The SMILES string of the molecule is O.O.O.O.O.O.O.O.O.O.O.O.[Br][Ca][Br].[Cl][Ca][Cl]. The molecule has 0 radical (unpaired) electrons. The van der Waals surface area contributed by atoms with E-state index >= 15 is 0 Å². The topological polar surface area (TPSA) is 378 Å². The Labute approximate surface area is 153 Å². The molecule has 18 heavy (non-hydrogen) atoms. The zero-order valence-electron chi connectivity index (χ0n) is 8.93. The predicted octanol–water partition coefficient (Wildman–Crippen LogP) is -7.59. The Morgan fingerprint density at radius 2 is 0.444 bits per heavy atom. The van der Waals surface area contributed by atoms with Crippen LogP contribution in [-0.4, -0.2) is 125 Å². The van der Waals surface area contributed by atoms with Gasteiger partial charge < -0.3 is 65.7 Å².